The largest absolute Gasteiger partial charge is 0.444 e. The van der Waals surface area contributed by atoms with Gasteiger partial charge in [0.15, 0.2) is 0 Å². The Bertz CT molecular complexity index is 211. The lowest BCUT2D eigenvalue weighted by Gasteiger charge is -2.21. The fourth-order valence-electron chi connectivity index (χ4n) is 1.52. The third-order valence-corrected chi connectivity index (χ3v) is 2.07. The van der Waals surface area contributed by atoms with E-state index >= 15 is 0 Å². The molecule has 1 rings (SSSR count). The Kier molecular flexibility index (Phi) is 3.37. The second kappa shape index (κ2) is 4.17. The predicted molar refractivity (Wildman–Crippen MR) is 55.2 cm³/mol. The highest BCUT2D eigenvalue weighted by atomic mass is 16.6. The van der Waals surface area contributed by atoms with Gasteiger partial charge in [-0.2, -0.15) is 0 Å². The lowest BCUT2D eigenvalue weighted by molar-refractivity contribution is 0.0508. The van der Waals surface area contributed by atoms with Gasteiger partial charge >= 0.3 is 6.09 Å². The van der Waals surface area contributed by atoms with Crippen molar-refractivity contribution in [3.63, 3.8) is 0 Å². The average molecular weight is 200 g/mol. The molecule has 0 aliphatic carbocycles. The zero-order valence-electron chi connectivity index (χ0n) is 9.39. The number of ether oxygens (including phenoxy) is 1. The Morgan fingerprint density at radius 2 is 2.14 bits per heavy atom. The van der Waals surface area contributed by atoms with Crippen LogP contribution in [-0.4, -0.2) is 30.3 Å². The molecule has 1 heterocycles. The van der Waals surface area contributed by atoms with Gasteiger partial charge < -0.3 is 15.4 Å². The van der Waals surface area contributed by atoms with Crippen LogP contribution >= 0.6 is 0 Å². The van der Waals surface area contributed by atoms with E-state index in [4.69, 9.17) is 4.74 Å². The van der Waals surface area contributed by atoms with Crippen LogP contribution in [0.3, 0.4) is 0 Å². The number of carbonyl (C=O) groups excluding carboxylic acids is 1. The minimum atomic E-state index is -0.415. The lowest BCUT2D eigenvalue weighted by atomic mass is 10.2. The van der Waals surface area contributed by atoms with Gasteiger partial charge in [0.2, 0.25) is 0 Å². The van der Waals surface area contributed by atoms with Gasteiger partial charge in [-0.1, -0.05) is 0 Å². The number of nitrogens with one attached hydrogen (secondary N) is 2. The maximum Gasteiger partial charge on any atom is 0.407 e. The van der Waals surface area contributed by atoms with E-state index in [2.05, 4.69) is 17.6 Å². The molecule has 1 unspecified atom stereocenters. The number of hydrogen-bond acceptors (Lipinski definition) is 3. The highest BCUT2D eigenvalue weighted by Crippen LogP contribution is 2.09. The Labute approximate surface area is 85.4 Å². The van der Waals surface area contributed by atoms with E-state index in [0.717, 1.165) is 13.0 Å². The Hall–Kier alpha value is -0.770. The molecule has 4 nitrogen and oxygen atoms in total. The zero-order chi connectivity index (χ0) is 10.8. The van der Waals surface area contributed by atoms with Crippen LogP contribution in [0.5, 0.6) is 0 Å². The SMILES string of the molecule is CC1C[C@@H](NC(=O)OC(C)(C)C)CN1. The summed E-state index contributed by atoms with van der Waals surface area (Å²) in [5, 5.41) is 6.11. The summed E-state index contributed by atoms with van der Waals surface area (Å²) < 4.78 is 5.16. The number of rotatable bonds is 1. The van der Waals surface area contributed by atoms with Crippen LogP contribution in [0.1, 0.15) is 34.1 Å². The number of alkyl carbamates (subject to hydrolysis) is 1. The second-order valence-electron chi connectivity index (χ2n) is 4.89. The van der Waals surface area contributed by atoms with Gasteiger partial charge in [0.05, 0.1) is 0 Å². The molecule has 82 valence electrons. The maximum absolute atomic E-state index is 11.4. The van der Waals surface area contributed by atoms with Gasteiger partial charge in [0, 0.05) is 18.6 Å². The predicted octanol–water partition coefficient (Wildman–Crippen LogP) is 1.26. The van der Waals surface area contributed by atoms with Crippen molar-refractivity contribution in [2.24, 2.45) is 0 Å². The second-order valence-corrected chi connectivity index (χ2v) is 4.89. The molecule has 1 saturated heterocycles. The van der Waals surface area contributed by atoms with E-state index in [0.29, 0.717) is 6.04 Å². The molecule has 0 spiro atoms. The van der Waals surface area contributed by atoms with Gasteiger partial charge in [0.1, 0.15) is 5.60 Å². The molecule has 14 heavy (non-hydrogen) atoms. The lowest BCUT2D eigenvalue weighted by Crippen LogP contribution is -2.40. The molecule has 0 aromatic heterocycles. The van der Waals surface area contributed by atoms with Crippen LogP contribution in [0.25, 0.3) is 0 Å². The zero-order valence-corrected chi connectivity index (χ0v) is 9.39. The van der Waals surface area contributed by atoms with Crippen molar-refractivity contribution in [1.82, 2.24) is 10.6 Å². The topological polar surface area (TPSA) is 50.4 Å². The molecule has 2 atom stereocenters. The smallest absolute Gasteiger partial charge is 0.407 e. The van der Waals surface area contributed by atoms with Gasteiger partial charge in [0.25, 0.3) is 0 Å². The quantitative estimate of drug-likeness (QED) is 0.670. The average Bonchev–Trinajstić information content (AvgIpc) is 2.30. The van der Waals surface area contributed by atoms with Crippen LogP contribution in [0.4, 0.5) is 4.79 Å². The maximum atomic E-state index is 11.4. The van der Waals surface area contributed by atoms with Crippen LogP contribution in [0.15, 0.2) is 0 Å². The molecule has 1 amide bonds. The fraction of sp³-hybridized carbons (Fsp3) is 0.900. The van der Waals surface area contributed by atoms with Crippen LogP contribution in [0, 0.1) is 0 Å². The summed E-state index contributed by atoms with van der Waals surface area (Å²) in [6.45, 7) is 8.53. The number of amides is 1. The summed E-state index contributed by atoms with van der Waals surface area (Å²) in [5.74, 6) is 0. The van der Waals surface area contributed by atoms with Crippen LogP contribution in [-0.2, 0) is 4.74 Å². The normalized spacial score (nSPS) is 27.4. The molecular weight excluding hydrogens is 180 g/mol. The van der Waals surface area contributed by atoms with Crippen molar-refractivity contribution in [1.29, 1.82) is 0 Å². The summed E-state index contributed by atoms with van der Waals surface area (Å²) in [6.07, 6.45) is 0.651. The molecule has 0 saturated carbocycles. The summed E-state index contributed by atoms with van der Waals surface area (Å²) in [6, 6.07) is 0.690. The molecule has 1 aliphatic heterocycles. The van der Waals surface area contributed by atoms with E-state index in [1.54, 1.807) is 0 Å². The monoisotopic (exact) mass is 200 g/mol. The summed E-state index contributed by atoms with van der Waals surface area (Å²) in [5.41, 5.74) is -0.415. The Morgan fingerprint density at radius 1 is 1.50 bits per heavy atom. The van der Waals surface area contributed by atoms with Gasteiger partial charge in [-0.3, -0.25) is 0 Å². The van der Waals surface area contributed by atoms with Gasteiger partial charge in [-0.25, -0.2) is 4.79 Å². The van der Waals surface area contributed by atoms with Gasteiger partial charge in [-0.05, 0) is 34.1 Å². The first-order chi connectivity index (χ1) is 6.37. The first kappa shape index (κ1) is 11.3. The molecule has 1 fully saturated rings. The molecule has 0 bridgehead atoms. The Morgan fingerprint density at radius 3 is 2.57 bits per heavy atom. The number of carbonyl (C=O) groups is 1. The van der Waals surface area contributed by atoms with Crippen molar-refractivity contribution < 1.29 is 9.53 Å². The van der Waals surface area contributed by atoms with Crippen LogP contribution < -0.4 is 10.6 Å². The van der Waals surface area contributed by atoms with Crippen molar-refractivity contribution in [2.45, 2.75) is 51.8 Å². The van der Waals surface area contributed by atoms with Crippen molar-refractivity contribution in [3.05, 3.63) is 0 Å². The summed E-state index contributed by atoms with van der Waals surface area (Å²) in [4.78, 5) is 11.4. The third-order valence-electron chi connectivity index (χ3n) is 2.07. The third kappa shape index (κ3) is 3.96. The highest BCUT2D eigenvalue weighted by Gasteiger charge is 2.24. The van der Waals surface area contributed by atoms with Crippen molar-refractivity contribution in [3.8, 4) is 0 Å². The Balaban J connectivity index is 2.27. The minimum Gasteiger partial charge on any atom is -0.444 e. The van der Waals surface area contributed by atoms with E-state index in [-0.39, 0.29) is 12.1 Å². The van der Waals surface area contributed by atoms with Crippen molar-refractivity contribution in [2.75, 3.05) is 6.54 Å². The van der Waals surface area contributed by atoms with E-state index in [9.17, 15) is 4.79 Å². The van der Waals surface area contributed by atoms with E-state index in [1.165, 1.54) is 0 Å². The molecule has 0 aromatic carbocycles. The molecule has 0 radical (unpaired) electrons. The highest BCUT2D eigenvalue weighted by molar-refractivity contribution is 5.68. The first-order valence-corrected chi connectivity index (χ1v) is 5.10. The molecule has 1 aliphatic rings. The van der Waals surface area contributed by atoms with E-state index < -0.39 is 5.60 Å². The van der Waals surface area contributed by atoms with E-state index in [1.807, 2.05) is 20.8 Å². The van der Waals surface area contributed by atoms with Crippen molar-refractivity contribution >= 4 is 6.09 Å². The first-order valence-electron chi connectivity index (χ1n) is 5.10. The molecule has 0 aromatic rings. The number of hydrogen-bond donors (Lipinski definition) is 2. The fourth-order valence-corrected chi connectivity index (χ4v) is 1.52. The molecule has 2 N–H and O–H groups in total. The molecular formula is C10H20N2O2. The van der Waals surface area contributed by atoms with Crippen LogP contribution in [0.2, 0.25) is 0 Å². The summed E-state index contributed by atoms with van der Waals surface area (Å²) in [7, 11) is 0. The summed E-state index contributed by atoms with van der Waals surface area (Å²) >= 11 is 0. The standard InChI is InChI=1S/C10H20N2O2/c1-7-5-8(6-11-7)12-9(13)14-10(2,3)4/h7-8,11H,5-6H2,1-4H3,(H,12,13)/t7?,8-/m1/s1. The van der Waals surface area contributed by atoms with Gasteiger partial charge in [-0.15, -0.1) is 0 Å². The minimum absolute atomic E-state index is 0.208. The molecule has 4 heteroatoms.